The van der Waals surface area contributed by atoms with Gasteiger partial charge in [-0.15, -0.1) is 0 Å². The largest absolute Gasteiger partial charge is 0.497 e. The maximum atomic E-state index is 13.1. The Labute approximate surface area is 191 Å². The van der Waals surface area contributed by atoms with Gasteiger partial charge in [0.15, 0.2) is 0 Å². The van der Waals surface area contributed by atoms with E-state index in [2.05, 4.69) is 14.9 Å². The number of hydrogen-bond donors (Lipinski definition) is 2. The second kappa shape index (κ2) is 9.51. The zero-order chi connectivity index (χ0) is 23.4. The van der Waals surface area contributed by atoms with E-state index in [4.69, 9.17) is 14.2 Å². The zero-order valence-corrected chi connectivity index (χ0v) is 19.0. The molecule has 1 fully saturated rings. The Morgan fingerprint density at radius 2 is 1.79 bits per heavy atom. The number of H-pyrrole nitrogens is 1. The number of benzene rings is 2. The fraction of sp³-hybridized carbons (Fsp3) is 0.273. The number of aromatic amines is 1. The van der Waals surface area contributed by atoms with Gasteiger partial charge in [-0.25, -0.2) is 8.42 Å². The molecule has 0 unspecified atom stereocenters. The molecule has 0 saturated carbocycles. The molecule has 174 valence electrons. The monoisotopic (exact) mass is 472 g/mol. The van der Waals surface area contributed by atoms with E-state index in [1.165, 1.54) is 20.3 Å². The van der Waals surface area contributed by atoms with Crippen LogP contribution in [0.4, 0.5) is 5.69 Å². The van der Waals surface area contributed by atoms with Crippen molar-refractivity contribution >= 4 is 21.6 Å². The first-order valence-corrected chi connectivity index (χ1v) is 11.7. The lowest BCUT2D eigenvalue weighted by molar-refractivity contribution is 0.0299. The molecule has 0 atom stereocenters. The van der Waals surface area contributed by atoms with Crippen molar-refractivity contribution in [3.05, 3.63) is 54.2 Å². The molecule has 10 nitrogen and oxygen atoms in total. The normalized spacial score (nSPS) is 14.1. The molecule has 0 bridgehead atoms. The van der Waals surface area contributed by atoms with Gasteiger partial charge in [-0.2, -0.15) is 5.10 Å². The van der Waals surface area contributed by atoms with Gasteiger partial charge >= 0.3 is 0 Å². The van der Waals surface area contributed by atoms with Crippen LogP contribution in [-0.2, 0) is 14.8 Å². The summed E-state index contributed by atoms with van der Waals surface area (Å²) in [7, 11) is -1.05. The summed E-state index contributed by atoms with van der Waals surface area (Å²) in [6.45, 7) is 2.01. The summed E-state index contributed by atoms with van der Waals surface area (Å²) in [4.78, 5) is 14.3. The molecule has 2 heterocycles. The van der Waals surface area contributed by atoms with E-state index >= 15 is 0 Å². The second-order valence-electron chi connectivity index (χ2n) is 7.27. The lowest BCUT2D eigenvalue weighted by Gasteiger charge is -2.26. The van der Waals surface area contributed by atoms with Crippen LogP contribution in [0.3, 0.4) is 0 Å². The minimum Gasteiger partial charge on any atom is -0.497 e. The van der Waals surface area contributed by atoms with Gasteiger partial charge in [0.1, 0.15) is 22.1 Å². The number of amides is 1. The Morgan fingerprint density at radius 3 is 2.45 bits per heavy atom. The number of methoxy groups -OCH3 is 2. The van der Waals surface area contributed by atoms with E-state index in [0.29, 0.717) is 54.7 Å². The molecule has 1 aromatic heterocycles. The van der Waals surface area contributed by atoms with Gasteiger partial charge in [0, 0.05) is 24.3 Å². The lowest BCUT2D eigenvalue weighted by Crippen LogP contribution is -2.40. The fourth-order valence-electron chi connectivity index (χ4n) is 3.43. The highest BCUT2D eigenvalue weighted by Gasteiger charge is 2.23. The molecule has 0 spiro atoms. The Bertz CT molecular complexity index is 1230. The summed E-state index contributed by atoms with van der Waals surface area (Å²) >= 11 is 0. The van der Waals surface area contributed by atoms with Gasteiger partial charge in [0.2, 0.25) is 0 Å². The van der Waals surface area contributed by atoms with Crippen LogP contribution in [0.1, 0.15) is 10.5 Å². The molecule has 3 aromatic rings. The van der Waals surface area contributed by atoms with Crippen LogP contribution in [0.2, 0.25) is 0 Å². The van der Waals surface area contributed by atoms with E-state index in [1.54, 1.807) is 47.4 Å². The van der Waals surface area contributed by atoms with Gasteiger partial charge < -0.3 is 19.1 Å². The van der Waals surface area contributed by atoms with E-state index in [-0.39, 0.29) is 16.6 Å². The molecule has 33 heavy (non-hydrogen) atoms. The highest BCUT2D eigenvalue weighted by atomic mass is 32.2. The third-order valence-corrected chi connectivity index (χ3v) is 6.60. The van der Waals surface area contributed by atoms with E-state index in [1.807, 2.05) is 0 Å². The molecule has 2 aromatic carbocycles. The molecule has 1 saturated heterocycles. The average molecular weight is 473 g/mol. The van der Waals surface area contributed by atoms with Crippen molar-refractivity contribution in [2.45, 2.75) is 4.90 Å². The third-order valence-electron chi connectivity index (χ3n) is 5.20. The number of sulfonamides is 1. The van der Waals surface area contributed by atoms with Gasteiger partial charge in [0.05, 0.1) is 33.1 Å². The Balaban J connectivity index is 1.61. The maximum absolute atomic E-state index is 13.1. The standard InChI is InChI=1S/C22H24N4O6S/c1-30-17-6-4-16(5-7-17)25-33(28,29)21-13-15(3-8-20(21)31-2)18-14-19(24-23-18)22(27)26-9-11-32-12-10-26/h3-8,13-14,25H,9-12H2,1-2H3,(H,23,24). The van der Waals surface area contributed by atoms with Crippen LogP contribution in [0.15, 0.2) is 53.4 Å². The number of rotatable bonds is 7. The van der Waals surface area contributed by atoms with Gasteiger partial charge in [-0.3, -0.25) is 14.6 Å². The minimum absolute atomic E-state index is 0.0534. The second-order valence-corrected chi connectivity index (χ2v) is 8.92. The molecule has 0 aliphatic carbocycles. The van der Waals surface area contributed by atoms with E-state index in [9.17, 15) is 13.2 Å². The van der Waals surface area contributed by atoms with E-state index < -0.39 is 10.0 Å². The fourth-order valence-corrected chi connectivity index (χ4v) is 4.69. The van der Waals surface area contributed by atoms with Gasteiger partial charge in [0.25, 0.3) is 15.9 Å². The summed E-state index contributed by atoms with van der Waals surface area (Å²) in [6, 6.07) is 12.8. The number of anilines is 1. The number of nitrogens with zero attached hydrogens (tertiary/aromatic N) is 2. The summed E-state index contributed by atoms with van der Waals surface area (Å²) in [5.41, 5.74) is 1.66. The SMILES string of the molecule is COc1ccc(NS(=O)(=O)c2cc(-c3cc(C(=O)N4CCOCC4)[nH]n3)ccc2OC)cc1. The number of nitrogens with one attached hydrogen (secondary N) is 2. The topological polar surface area (TPSA) is 123 Å². The number of ether oxygens (including phenoxy) is 3. The van der Waals surface area contributed by atoms with Crippen molar-refractivity contribution in [1.82, 2.24) is 15.1 Å². The molecule has 1 aliphatic rings. The number of carbonyl (C=O) groups is 1. The molecule has 11 heteroatoms. The predicted octanol–water partition coefficient (Wildman–Crippen LogP) is 2.37. The summed E-state index contributed by atoms with van der Waals surface area (Å²) in [5, 5.41) is 6.96. The molecule has 0 radical (unpaired) electrons. The molecule has 4 rings (SSSR count). The van der Waals surface area contributed by atoms with Crippen LogP contribution >= 0.6 is 0 Å². The van der Waals surface area contributed by atoms with Crippen LogP contribution < -0.4 is 14.2 Å². The highest BCUT2D eigenvalue weighted by Crippen LogP contribution is 2.31. The first-order chi connectivity index (χ1) is 15.9. The summed E-state index contributed by atoms with van der Waals surface area (Å²) in [5.74, 6) is 0.609. The van der Waals surface area contributed by atoms with Gasteiger partial charge in [-0.05, 0) is 48.5 Å². The van der Waals surface area contributed by atoms with E-state index in [0.717, 1.165) is 0 Å². The van der Waals surface area contributed by atoms with Gasteiger partial charge in [-0.1, -0.05) is 0 Å². The summed E-state index contributed by atoms with van der Waals surface area (Å²) in [6.07, 6.45) is 0. The minimum atomic E-state index is -3.98. The first-order valence-electron chi connectivity index (χ1n) is 10.2. The van der Waals surface area contributed by atoms with Crippen LogP contribution in [0.25, 0.3) is 11.3 Å². The van der Waals surface area contributed by atoms with Crippen molar-refractivity contribution in [2.75, 3.05) is 45.2 Å². The molecule has 1 amide bonds. The van der Waals surface area contributed by atoms with Crippen LogP contribution in [0, 0.1) is 0 Å². The number of aromatic nitrogens is 2. The molecular formula is C22H24N4O6S. The summed E-state index contributed by atoms with van der Waals surface area (Å²) < 4.78 is 44.4. The first kappa shape index (κ1) is 22.6. The van der Waals surface area contributed by atoms with Crippen molar-refractivity contribution in [1.29, 1.82) is 0 Å². The Kier molecular flexibility index (Phi) is 6.52. The Hall–Kier alpha value is -3.57. The van der Waals surface area contributed by atoms with Crippen molar-refractivity contribution in [3.63, 3.8) is 0 Å². The number of morpholine rings is 1. The average Bonchev–Trinajstić information content (AvgIpc) is 3.34. The third kappa shape index (κ3) is 4.94. The maximum Gasteiger partial charge on any atom is 0.272 e. The predicted molar refractivity (Wildman–Crippen MR) is 121 cm³/mol. The lowest BCUT2D eigenvalue weighted by atomic mass is 10.1. The Morgan fingerprint density at radius 1 is 1.06 bits per heavy atom. The van der Waals surface area contributed by atoms with Crippen molar-refractivity contribution < 1.29 is 27.4 Å². The number of carbonyl (C=O) groups excluding carboxylic acids is 1. The van der Waals surface area contributed by atoms with Crippen molar-refractivity contribution in [2.24, 2.45) is 0 Å². The molecule has 1 aliphatic heterocycles. The highest BCUT2D eigenvalue weighted by molar-refractivity contribution is 7.92. The van der Waals surface area contributed by atoms with Crippen molar-refractivity contribution in [3.8, 4) is 22.8 Å². The van der Waals surface area contributed by atoms with Crippen LogP contribution in [-0.4, -0.2) is 69.9 Å². The smallest absolute Gasteiger partial charge is 0.272 e. The molecule has 2 N–H and O–H groups in total. The quantitative estimate of drug-likeness (QED) is 0.541. The molecular weight excluding hydrogens is 448 g/mol. The number of hydrogen-bond acceptors (Lipinski definition) is 7. The van der Waals surface area contributed by atoms with Crippen LogP contribution in [0.5, 0.6) is 11.5 Å². The zero-order valence-electron chi connectivity index (χ0n) is 18.2.